The summed E-state index contributed by atoms with van der Waals surface area (Å²) in [5.74, 6) is 0.410. The molecule has 2 aromatic rings. The molecular formula is C18H23N5O2S2. The highest BCUT2D eigenvalue weighted by molar-refractivity contribution is 8.00. The van der Waals surface area contributed by atoms with E-state index in [1.54, 1.807) is 4.68 Å². The smallest absolute Gasteiger partial charge is 0.237 e. The summed E-state index contributed by atoms with van der Waals surface area (Å²) in [5.41, 5.74) is 1.01. The molecule has 9 heteroatoms. The van der Waals surface area contributed by atoms with E-state index in [1.807, 2.05) is 34.9 Å². The maximum atomic E-state index is 13.0. The van der Waals surface area contributed by atoms with Crippen LogP contribution < -0.4 is 4.90 Å². The lowest BCUT2D eigenvalue weighted by atomic mass is 10.2. The Morgan fingerprint density at radius 3 is 3.11 bits per heavy atom. The lowest BCUT2D eigenvalue weighted by Crippen LogP contribution is -2.33. The fourth-order valence-corrected chi connectivity index (χ4v) is 5.22. The van der Waals surface area contributed by atoms with Gasteiger partial charge in [-0.05, 0) is 41.8 Å². The molecule has 1 saturated heterocycles. The highest BCUT2D eigenvalue weighted by atomic mass is 32.2. The summed E-state index contributed by atoms with van der Waals surface area (Å²) >= 11 is 3.23. The first-order valence-corrected chi connectivity index (χ1v) is 11.1. The number of carbonyl (C=O) groups is 1. The number of anilines is 1. The van der Waals surface area contributed by atoms with Gasteiger partial charge in [0.1, 0.15) is 0 Å². The number of thioether (sulfide) groups is 2. The van der Waals surface area contributed by atoms with Gasteiger partial charge in [0.05, 0.1) is 24.1 Å². The van der Waals surface area contributed by atoms with Crippen molar-refractivity contribution in [3.8, 4) is 0 Å². The normalized spacial score (nSPS) is 22.5. The minimum Gasteiger partial charge on any atom is -0.376 e. The Kier molecular flexibility index (Phi) is 5.99. The first-order valence-electron chi connectivity index (χ1n) is 9.27. The fraction of sp³-hybridized carbons (Fsp3) is 0.556. The number of fused-ring (bicyclic) bond motifs is 1. The number of tetrazole rings is 1. The van der Waals surface area contributed by atoms with Gasteiger partial charge in [0, 0.05) is 23.3 Å². The van der Waals surface area contributed by atoms with Gasteiger partial charge >= 0.3 is 0 Å². The number of nitrogens with zero attached hydrogens (tertiary/aromatic N) is 5. The molecule has 0 radical (unpaired) electrons. The van der Waals surface area contributed by atoms with Crippen molar-refractivity contribution in [3.05, 3.63) is 24.3 Å². The average molecular weight is 406 g/mol. The third-order valence-corrected chi connectivity index (χ3v) is 6.95. The van der Waals surface area contributed by atoms with Crippen molar-refractivity contribution in [3.63, 3.8) is 0 Å². The van der Waals surface area contributed by atoms with Crippen LogP contribution in [0, 0.1) is 0 Å². The molecule has 0 N–H and O–H groups in total. The number of hydrogen-bond donors (Lipinski definition) is 0. The van der Waals surface area contributed by atoms with Crippen LogP contribution in [0.2, 0.25) is 0 Å². The second-order valence-corrected chi connectivity index (χ2v) is 9.22. The molecule has 2 atom stereocenters. The Morgan fingerprint density at radius 1 is 1.37 bits per heavy atom. The molecule has 1 aromatic heterocycles. The van der Waals surface area contributed by atoms with Gasteiger partial charge in [-0.15, -0.1) is 16.9 Å². The summed E-state index contributed by atoms with van der Waals surface area (Å²) in [7, 11) is 0. The molecule has 7 nitrogen and oxygen atoms in total. The molecular weight excluding hydrogens is 382 g/mol. The van der Waals surface area contributed by atoms with E-state index in [0.29, 0.717) is 22.7 Å². The third-order valence-electron chi connectivity index (χ3n) is 4.77. The van der Waals surface area contributed by atoms with Crippen molar-refractivity contribution in [2.75, 3.05) is 23.8 Å². The van der Waals surface area contributed by atoms with Crippen LogP contribution in [-0.2, 0) is 16.1 Å². The zero-order valence-corrected chi connectivity index (χ0v) is 16.9. The monoisotopic (exact) mass is 405 g/mol. The van der Waals surface area contributed by atoms with E-state index in [1.165, 1.54) is 16.7 Å². The van der Waals surface area contributed by atoms with Crippen LogP contribution in [0.15, 0.2) is 34.3 Å². The van der Waals surface area contributed by atoms with E-state index < -0.39 is 0 Å². The summed E-state index contributed by atoms with van der Waals surface area (Å²) in [4.78, 5) is 16.0. The van der Waals surface area contributed by atoms with Gasteiger partial charge in [0.15, 0.2) is 0 Å². The first-order chi connectivity index (χ1) is 13.2. The van der Waals surface area contributed by atoms with Gasteiger partial charge in [0.2, 0.25) is 11.1 Å². The predicted molar refractivity (Wildman–Crippen MR) is 106 cm³/mol. The van der Waals surface area contributed by atoms with Crippen LogP contribution in [0.25, 0.3) is 0 Å². The lowest BCUT2D eigenvalue weighted by molar-refractivity contribution is -0.116. The molecule has 1 fully saturated rings. The average Bonchev–Trinajstić information content (AvgIpc) is 3.30. The second kappa shape index (κ2) is 8.62. The summed E-state index contributed by atoms with van der Waals surface area (Å²) < 4.78 is 7.41. The Hall–Kier alpha value is -1.58. The van der Waals surface area contributed by atoms with Crippen molar-refractivity contribution in [1.29, 1.82) is 0 Å². The summed E-state index contributed by atoms with van der Waals surface area (Å²) in [6.07, 6.45) is 3.26. The van der Waals surface area contributed by atoms with Crippen LogP contribution in [-0.4, -0.2) is 56.4 Å². The van der Waals surface area contributed by atoms with Gasteiger partial charge in [-0.1, -0.05) is 30.8 Å². The zero-order valence-electron chi connectivity index (χ0n) is 15.3. The topological polar surface area (TPSA) is 73.1 Å². The third kappa shape index (κ3) is 4.47. The molecule has 0 saturated carbocycles. The Labute approximate surface area is 167 Å². The molecule has 1 amide bonds. The van der Waals surface area contributed by atoms with E-state index >= 15 is 0 Å². The van der Waals surface area contributed by atoms with Crippen molar-refractivity contribution in [2.45, 2.75) is 54.1 Å². The molecule has 27 heavy (non-hydrogen) atoms. The molecule has 0 aliphatic carbocycles. The molecule has 2 aliphatic heterocycles. The number of ether oxygens (including phenoxy) is 1. The molecule has 2 unspecified atom stereocenters. The van der Waals surface area contributed by atoms with E-state index in [-0.39, 0.29) is 12.0 Å². The minimum atomic E-state index is 0.0915. The molecule has 144 valence electrons. The van der Waals surface area contributed by atoms with Gasteiger partial charge < -0.3 is 9.64 Å². The molecule has 0 spiro atoms. The van der Waals surface area contributed by atoms with Crippen LogP contribution in [0.3, 0.4) is 0 Å². The van der Waals surface area contributed by atoms with Crippen molar-refractivity contribution in [2.24, 2.45) is 0 Å². The number of amides is 1. The van der Waals surface area contributed by atoms with E-state index in [4.69, 9.17) is 4.74 Å². The first kappa shape index (κ1) is 18.8. The van der Waals surface area contributed by atoms with Gasteiger partial charge in [-0.3, -0.25) is 4.79 Å². The van der Waals surface area contributed by atoms with Gasteiger partial charge in [0.25, 0.3) is 0 Å². The molecule has 2 aliphatic rings. The van der Waals surface area contributed by atoms with Crippen LogP contribution >= 0.6 is 23.5 Å². The quantitative estimate of drug-likeness (QED) is 0.708. The summed E-state index contributed by atoms with van der Waals surface area (Å²) in [6.45, 7) is 4.40. The highest BCUT2D eigenvalue weighted by Crippen LogP contribution is 2.37. The molecule has 1 aromatic carbocycles. The number of carbonyl (C=O) groups excluding carboxylic acids is 1. The van der Waals surface area contributed by atoms with Crippen LogP contribution in [0.1, 0.15) is 26.2 Å². The Morgan fingerprint density at radius 2 is 2.26 bits per heavy atom. The molecule has 0 bridgehead atoms. The number of para-hydroxylation sites is 1. The van der Waals surface area contributed by atoms with Crippen molar-refractivity contribution < 1.29 is 9.53 Å². The molecule has 4 rings (SSSR count). The number of benzene rings is 1. The number of hydrogen-bond acceptors (Lipinski definition) is 7. The predicted octanol–water partition coefficient (Wildman–Crippen LogP) is 2.86. The summed E-state index contributed by atoms with van der Waals surface area (Å²) in [5, 5.41) is 13.1. The van der Waals surface area contributed by atoms with E-state index in [9.17, 15) is 4.79 Å². The summed E-state index contributed by atoms with van der Waals surface area (Å²) in [6, 6.07) is 8.15. The second-order valence-electron chi connectivity index (χ2n) is 6.80. The fourth-order valence-electron chi connectivity index (χ4n) is 3.35. The van der Waals surface area contributed by atoms with Gasteiger partial charge in [-0.25, -0.2) is 4.68 Å². The Bertz CT molecular complexity index is 794. The highest BCUT2D eigenvalue weighted by Gasteiger charge is 2.25. The maximum absolute atomic E-state index is 13.0. The number of aromatic nitrogens is 4. The zero-order chi connectivity index (χ0) is 18.6. The van der Waals surface area contributed by atoms with Crippen LogP contribution in [0.5, 0.6) is 0 Å². The lowest BCUT2D eigenvalue weighted by Gasteiger charge is -2.22. The van der Waals surface area contributed by atoms with Gasteiger partial charge in [-0.2, -0.15) is 0 Å². The minimum absolute atomic E-state index is 0.0915. The maximum Gasteiger partial charge on any atom is 0.237 e. The SMILES string of the molecule is CC1CCN(C(=O)CSc2nnnn2CC2CCCO2)c2ccccc2S1. The van der Waals surface area contributed by atoms with Crippen molar-refractivity contribution >= 4 is 35.1 Å². The Balaban J connectivity index is 1.42. The number of rotatable bonds is 5. The van der Waals surface area contributed by atoms with Crippen molar-refractivity contribution in [1.82, 2.24) is 20.2 Å². The van der Waals surface area contributed by atoms with E-state index in [0.717, 1.165) is 38.1 Å². The standard InChI is InChI=1S/C18H23N5O2S2/c1-13-8-9-22(15-6-2-3-7-16(15)27-13)17(24)12-26-18-19-20-21-23(18)11-14-5-4-10-25-14/h2-3,6-7,13-14H,4-5,8-12H2,1H3. The largest absolute Gasteiger partial charge is 0.376 e. The van der Waals surface area contributed by atoms with Crippen LogP contribution in [0.4, 0.5) is 5.69 Å². The molecule has 3 heterocycles. The van der Waals surface area contributed by atoms with E-state index in [2.05, 4.69) is 28.5 Å².